The summed E-state index contributed by atoms with van der Waals surface area (Å²) in [4.78, 5) is 49.6. The Hall–Kier alpha value is -3.93. The minimum Gasteiger partial charge on any atom is -0.480 e. The van der Waals surface area contributed by atoms with Gasteiger partial charge in [-0.2, -0.15) is 23.0 Å². The molecule has 18 heteroatoms. The Kier molecular flexibility index (Phi) is 14.0. The van der Waals surface area contributed by atoms with Gasteiger partial charge >= 0.3 is 18.1 Å². The van der Waals surface area contributed by atoms with Gasteiger partial charge < -0.3 is 30.8 Å². The summed E-state index contributed by atoms with van der Waals surface area (Å²) in [5.74, 6) is 2.15. The molecule has 1 saturated heterocycles. The number of rotatable bonds is 13. The molecule has 2 atom stereocenters. The maximum Gasteiger partial charge on any atom is 0.416 e. The number of carbonyl (C=O) groups excluding carboxylic acids is 3. The zero-order valence-electron chi connectivity index (χ0n) is 25.0. The minimum absolute atomic E-state index is 0.0497. The molecule has 1 aromatic rings. The molecule has 252 valence electrons. The van der Waals surface area contributed by atoms with Crippen LogP contribution in [0.3, 0.4) is 0 Å². The molecular formula is C27H39F3N6O8S. The van der Waals surface area contributed by atoms with Crippen molar-refractivity contribution >= 4 is 40.1 Å². The topological polar surface area (TPSA) is 201 Å². The number of nitrogens with one attached hydrogen (secondary N) is 2. The first kappa shape index (κ1) is 37.3. The molecule has 2 fully saturated rings. The smallest absolute Gasteiger partial charge is 0.416 e. The van der Waals surface area contributed by atoms with E-state index in [0.717, 1.165) is 36.4 Å². The number of hydrazone groups is 1. The summed E-state index contributed by atoms with van der Waals surface area (Å²) in [6.45, 7) is 4.54. The first-order chi connectivity index (χ1) is 21.1. The predicted molar refractivity (Wildman–Crippen MR) is 155 cm³/mol. The largest absolute Gasteiger partial charge is 0.480 e. The van der Waals surface area contributed by atoms with Gasteiger partial charge in [0.25, 0.3) is 0 Å². The quantitative estimate of drug-likeness (QED) is 0.0779. The van der Waals surface area contributed by atoms with E-state index in [0.29, 0.717) is 38.1 Å². The Labute approximate surface area is 259 Å². The van der Waals surface area contributed by atoms with Gasteiger partial charge in [-0.3, -0.25) is 19.2 Å². The van der Waals surface area contributed by atoms with Crippen LogP contribution < -0.4 is 15.9 Å². The fraction of sp³-hybridized carbons (Fsp3) is 0.593. The Morgan fingerprint density at radius 2 is 1.84 bits per heavy atom. The van der Waals surface area contributed by atoms with Crippen molar-refractivity contribution in [3.8, 4) is 0 Å². The SMILES string of the molecule is CCOC(C)=O.NN=CN1CCC[C@@H](CNC(=O)C[C@H](NS(=O)(=O)c2ccc(C(F)(F)F)cc2)C(=O)N(CC(=O)O)C2CC2)C1. The van der Waals surface area contributed by atoms with Gasteiger partial charge in [-0.05, 0) is 62.8 Å². The van der Waals surface area contributed by atoms with Gasteiger partial charge in [-0.25, -0.2) is 8.42 Å². The third-order valence-electron chi connectivity index (χ3n) is 6.77. The Morgan fingerprint density at radius 1 is 1.20 bits per heavy atom. The first-order valence-corrected chi connectivity index (χ1v) is 15.6. The van der Waals surface area contributed by atoms with E-state index in [1.807, 2.05) is 4.90 Å². The molecule has 45 heavy (non-hydrogen) atoms. The van der Waals surface area contributed by atoms with E-state index in [-0.39, 0.29) is 18.4 Å². The lowest BCUT2D eigenvalue weighted by Crippen LogP contribution is -2.52. The summed E-state index contributed by atoms with van der Waals surface area (Å²) in [5, 5.41) is 15.4. The number of ether oxygens (including phenoxy) is 1. The third kappa shape index (κ3) is 12.9. The molecule has 1 heterocycles. The molecule has 1 saturated carbocycles. The van der Waals surface area contributed by atoms with Crippen LogP contribution in [0.25, 0.3) is 0 Å². The van der Waals surface area contributed by atoms with Gasteiger partial charge in [0.05, 0.1) is 23.5 Å². The van der Waals surface area contributed by atoms with Crippen molar-refractivity contribution in [2.45, 2.75) is 69.1 Å². The number of nitrogens with two attached hydrogens (primary N) is 1. The highest BCUT2D eigenvalue weighted by Crippen LogP contribution is 2.30. The van der Waals surface area contributed by atoms with E-state index in [2.05, 4.69) is 19.9 Å². The number of benzene rings is 1. The van der Waals surface area contributed by atoms with Gasteiger partial charge in [0, 0.05) is 32.6 Å². The lowest BCUT2D eigenvalue weighted by Gasteiger charge is -2.31. The molecule has 1 aliphatic heterocycles. The van der Waals surface area contributed by atoms with Gasteiger partial charge in [-0.15, -0.1) is 0 Å². The van der Waals surface area contributed by atoms with Crippen LogP contribution in [0.5, 0.6) is 0 Å². The number of hydrogen-bond acceptors (Lipinski definition) is 9. The minimum atomic E-state index is -4.68. The van der Waals surface area contributed by atoms with Crippen molar-refractivity contribution in [1.82, 2.24) is 19.8 Å². The predicted octanol–water partition coefficient (Wildman–Crippen LogP) is 1.12. The molecular weight excluding hydrogens is 625 g/mol. The van der Waals surface area contributed by atoms with Crippen molar-refractivity contribution in [3.63, 3.8) is 0 Å². The van der Waals surface area contributed by atoms with Gasteiger partial charge in [-0.1, -0.05) is 0 Å². The number of alkyl halides is 3. The second-order valence-corrected chi connectivity index (χ2v) is 12.2. The fourth-order valence-corrected chi connectivity index (χ4v) is 5.75. The number of nitrogens with zero attached hydrogens (tertiary/aromatic N) is 3. The standard InChI is InChI=1S/C23H31F3N6O6S.C4H8O2/c24-23(25,26)16-3-7-18(8-4-16)39(37,38)30-19(22(36)32(13-21(34)35)17-5-6-17)10-20(33)28-11-15-2-1-9-31(12-15)14-29-27;1-3-6-4(2)5/h3-4,7-8,14-15,17,19,30H,1-2,5-6,9-13,27H2,(H,28,33)(H,34,35);3H2,1-2H3/t15-,19-;/m0./s1. The molecule has 0 radical (unpaired) electrons. The second-order valence-electron chi connectivity index (χ2n) is 10.5. The number of carboxylic acid groups (broad SMARTS) is 1. The maximum absolute atomic E-state index is 13.3. The Morgan fingerprint density at radius 3 is 2.33 bits per heavy atom. The van der Waals surface area contributed by atoms with Gasteiger partial charge in [0.1, 0.15) is 18.9 Å². The van der Waals surface area contributed by atoms with Crippen LogP contribution in [0, 0.1) is 5.92 Å². The number of carbonyl (C=O) groups is 4. The summed E-state index contributed by atoms with van der Waals surface area (Å²) in [7, 11) is -4.55. The Balaban J connectivity index is 0.00000107. The number of likely N-dealkylation sites (tertiary alicyclic amines) is 1. The molecule has 1 aliphatic carbocycles. The number of piperidine rings is 1. The number of amides is 2. The van der Waals surface area contributed by atoms with Crippen molar-refractivity contribution in [3.05, 3.63) is 29.8 Å². The van der Waals surface area contributed by atoms with Crippen LogP contribution in [0.15, 0.2) is 34.3 Å². The molecule has 0 spiro atoms. The number of esters is 1. The van der Waals surface area contributed by atoms with E-state index in [9.17, 15) is 45.9 Å². The van der Waals surface area contributed by atoms with E-state index >= 15 is 0 Å². The van der Waals surface area contributed by atoms with Gasteiger partial charge in [0.2, 0.25) is 21.8 Å². The molecule has 5 N–H and O–H groups in total. The highest BCUT2D eigenvalue weighted by Gasteiger charge is 2.39. The number of halogens is 3. The summed E-state index contributed by atoms with van der Waals surface area (Å²) < 4.78 is 71.2. The van der Waals surface area contributed by atoms with Crippen molar-refractivity contribution < 1.29 is 50.6 Å². The average Bonchev–Trinajstić information content (AvgIpc) is 3.80. The normalized spacial score (nSPS) is 17.5. The number of hydrogen-bond donors (Lipinski definition) is 4. The monoisotopic (exact) mass is 664 g/mol. The summed E-state index contributed by atoms with van der Waals surface area (Å²) >= 11 is 0. The fourth-order valence-electron chi connectivity index (χ4n) is 4.56. The van der Waals surface area contributed by atoms with Crippen molar-refractivity contribution in [1.29, 1.82) is 0 Å². The molecule has 0 aromatic heterocycles. The van der Waals surface area contributed by atoms with Gasteiger partial charge in [0.15, 0.2) is 0 Å². The van der Waals surface area contributed by atoms with E-state index in [1.54, 1.807) is 6.92 Å². The third-order valence-corrected chi connectivity index (χ3v) is 8.26. The lowest BCUT2D eigenvalue weighted by molar-refractivity contribution is -0.146. The molecule has 0 unspecified atom stereocenters. The molecule has 2 amide bonds. The number of aliphatic carboxylic acids is 1. The van der Waals surface area contributed by atoms with Crippen LogP contribution in [0.4, 0.5) is 13.2 Å². The van der Waals surface area contributed by atoms with Crippen LogP contribution in [-0.2, 0) is 40.1 Å². The van der Waals surface area contributed by atoms with Crippen molar-refractivity contribution in [2.24, 2.45) is 16.9 Å². The molecule has 2 aliphatic rings. The first-order valence-electron chi connectivity index (χ1n) is 14.2. The molecule has 3 rings (SSSR count). The summed E-state index contributed by atoms with van der Waals surface area (Å²) in [6.07, 6.45) is -1.13. The zero-order chi connectivity index (χ0) is 33.8. The van der Waals surface area contributed by atoms with Crippen LogP contribution in [0.2, 0.25) is 0 Å². The van der Waals surface area contributed by atoms with Crippen LogP contribution >= 0.6 is 0 Å². The number of carboxylic acids is 1. The Bertz CT molecular complexity index is 1310. The second kappa shape index (κ2) is 17.0. The summed E-state index contributed by atoms with van der Waals surface area (Å²) in [5.41, 5.74) is -1.06. The highest BCUT2D eigenvalue weighted by molar-refractivity contribution is 7.89. The highest BCUT2D eigenvalue weighted by atomic mass is 32.2. The van der Waals surface area contributed by atoms with Crippen LogP contribution in [-0.4, -0.2) is 98.3 Å². The summed E-state index contributed by atoms with van der Waals surface area (Å²) in [6, 6.07) is 0.560. The van der Waals surface area contributed by atoms with E-state index in [4.69, 9.17) is 5.84 Å². The molecule has 0 bridgehead atoms. The zero-order valence-corrected chi connectivity index (χ0v) is 25.8. The van der Waals surface area contributed by atoms with Crippen LogP contribution in [0.1, 0.15) is 51.5 Å². The molecule has 14 nitrogen and oxygen atoms in total. The lowest BCUT2D eigenvalue weighted by atomic mass is 9.98. The molecule has 1 aromatic carbocycles. The number of sulfonamides is 1. The van der Waals surface area contributed by atoms with E-state index < -0.39 is 69.5 Å². The van der Waals surface area contributed by atoms with E-state index in [1.165, 1.54) is 13.3 Å². The van der Waals surface area contributed by atoms with Crippen molar-refractivity contribution in [2.75, 3.05) is 32.8 Å². The maximum atomic E-state index is 13.3. The average molecular weight is 665 g/mol.